The fraction of sp³-hybridized carbons (Fsp3) is 0.750. The molecule has 0 unspecified atom stereocenters. The van der Waals surface area contributed by atoms with Gasteiger partial charge in [0, 0.05) is 18.9 Å². The van der Waals surface area contributed by atoms with E-state index in [4.69, 9.17) is 9.47 Å². The molecule has 0 saturated carbocycles. The van der Waals surface area contributed by atoms with Crippen molar-refractivity contribution < 1.29 is 24.8 Å². The Bertz CT molecular complexity index is 418. The smallest absolute Gasteiger partial charge is 0.334 e. The summed E-state index contributed by atoms with van der Waals surface area (Å²) in [6, 6.07) is -0.357. The molecular weight excluding hydrogens is 284 g/mol. The first kappa shape index (κ1) is 18.6. The van der Waals surface area contributed by atoms with Gasteiger partial charge in [-0.3, -0.25) is 4.79 Å². The molecule has 0 spiro atoms. The number of carbonyl (C=O) groups excluding carboxylic acids is 2. The molecule has 0 aromatic heterocycles. The van der Waals surface area contributed by atoms with E-state index in [-0.39, 0.29) is 36.2 Å². The summed E-state index contributed by atoms with van der Waals surface area (Å²) in [5.41, 5.74) is 4.67. The number of nitrogens with one attached hydrogen (secondary N) is 1. The standard InChI is InChI=1S/C16H28N2O4/c1-5-12(6-2)22-14-9-11(16(20)21-7-3)8-13(17)15(14)18-10(4)19/h9,12-15H,5-8,17H2,1-4H3,(H,18,19)/p+1/t13-,14+,15+/m0/s1. The molecule has 0 bridgehead atoms. The van der Waals surface area contributed by atoms with Gasteiger partial charge in [0.1, 0.15) is 18.2 Å². The molecule has 126 valence electrons. The van der Waals surface area contributed by atoms with E-state index in [1.54, 1.807) is 13.0 Å². The van der Waals surface area contributed by atoms with E-state index in [2.05, 4.69) is 24.9 Å². The van der Waals surface area contributed by atoms with Crippen molar-refractivity contribution in [1.29, 1.82) is 0 Å². The van der Waals surface area contributed by atoms with Crippen molar-refractivity contribution in [2.45, 2.75) is 71.2 Å². The van der Waals surface area contributed by atoms with Crippen LogP contribution in [0.15, 0.2) is 11.6 Å². The van der Waals surface area contributed by atoms with Crippen LogP contribution in [-0.2, 0) is 19.1 Å². The van der Waals surface area contributed by atoms with Crippen LogP contribution in [0.1, 0.15) is 47.0 Å². The second kappa shape index (κ2) is 8.90. The predicted molar refractivity (Wildman–Crippen MR) is 82.9 cm³/mol. The van der Waals surface area contributed by atoms with Gasteiger partial charge in [0.05, 0.1) is 12.7 Å². The number of amides is 1. The van der Waals surface area contributed by atoms with E-state index in [1.807, 2.05) is 0 Å². The molecule has 3 atom stereocenters. The summed E-state index contributed by atoms with van der Waals surface area (Å²) >= 11 is 0. The summed E-state index contributed by atoms with van der Waals surface area (Å²) in [5.74, 6) is -0.444. The highest BCUT2D eigenvalue weighted by atomic mass is 16.5. The molecule has 4 N–H and O–H groups in total. The highest BCUT2D eigenvalue weighted by Crippen LogP contribution is 2.23. The first-order valence-corrected chi connectivity index (χ1v) is 8.06. The van der Waals surface area contributed by atoms with Gasteiger partial charge >= 0.3 is 5.97 Å². The van der Waals surface area contributed by atoms with Gasteiger partial charge in [-0.05, 0) is 25.8 Å². The van der Waals surface area contributed by atoms with Crippen LogP contribution < -0.4 is 11.1 Å². The van der Waals surface area contributed by atoms with Gasteiger partial charge < -0.3 is 20.5 Å². The fourth-order valence-corrected chi connectivity index (χ4v) is 2.68. The minimum Gasteiger partial charge on any atom is -0.463 e. The van der Waals surface area contributed by atoms with Crippen LogP contribution in [0.25, 0.3) is 0 Å². The molecule has 0 aromatic carbocycles. The number of hydrogen-bond donors (Lipinski definition) is 2. The minimum atomic E-state index is -0.357. The summed E-state index contributed by atoms with van der Waals surface area (Å²) in [6.45, 7) is 7.71. The SMILES string of the molecule is CCOC(=O)C1=C[C@@H](OC(CC)CC)[C@H](NC(C)=O)[C@@H]([NH3+])C1. The van der Waals surface area contributed by atoms with Gasteiger partial charge in [-0.15, -0.1) is 0 Å². The molecule has 0 fully saturated rings. The van der Waals surface area contributed by atoms with Crippen molar-refractivity contribution in [1.82, 2.24) is 5.32 Å². The molecule has 0 saturated heterocycles. The van der Waals surface area contributed by atoms with E-state index in [1.165, 1.54) is 6.92 Å². The number of rotatable bonds is 7. The van der Waals surface area contributed by atoms with Gasteiger partial charge in [-0.1, -0.05) is 13.8 Å². The average molecular weight is 313 g/mol. The maximum atomic E-state index is 12.0. The minimum absolute atomic E-state index is 0.0891. The average Bonchev–Trinajstić information content (AvgIpc) is 2.47. The molecule has 1 aliphatic rings. The Hall–Kier alpha value is -1.40. The van der Waals surface area contributed by atoms with Crippen molar-refractivity contribution in [3.8, 4) is 0 Å². The molecule has 1 amide bonds. The zero-order chi connectivity index (χ0) is 16.7. The Morgan fingerprint density at radius 2 is 2.00 bits per heavy atom. The number of quaternary nitrogens is 1. The molecule has 0 heterocycles. The zero-order valence-corrected chi connectivity index (χ0v) is 14.1. The molecule has 1 rings (SSSR count). The summed E-state index contributed by atoms with van der Waals surface area (Å²) in [7, 11) is 0. The summed E-state index contributed by atoms with van der Waals surface area (Å²) in [5, 5.41) is 2.90. The van der Waals surface area contributed by atoms with Crippen LogP contribution in [0.2, 0.25) is 0 Å². The maximum absolute atomic E-state index is 12.0. The van der Waals surface area contributed by atoms with Gasteiger partial charge in [-0.25, -0.2) is 4.79 Å². The number of carbonyl (C=O) groups is 2. The number of ether oxygens (including phenoxy) is 2. The Labute approximate surface area is 132 Å². The molecule has 0 radical (unpaired) electrons. The predicted octanol–water partition coefficient (Wildman–Crippen LogP) is 0.569. The van der Waals surface area contributed by atoms with Crippen LogP contribution in [0.3, 0.4) is 0 Å². The maximum Gasteiger partial charge on any atom is 0.334 e. The second-order valence-corrected chi connectivity index (χ2v) is 5.64. The third kappa shape index (κ3) is 5.10. The van der Waals surface area contributed by atoms with E-state index in [0.29, 0.717) is 18.6 Å². The van der Waals surface area contributed by atoms with Crippen LogP contribution in [0, 0.1) is 0 Å². The van der Waals surface area contributed by atoms with Crippen LogP contribution >= 0.6 is 0 Å². The first-order valence-electron chi connectivity index (χ1n) is 8.06. The monoisotopic (exact) mass is 313 g/mol. The van der Waals surface area contributed by atoms with Crippen molar-refractivity contribution in [3.05, 3.63) is 11.6 Å². The fourth-order valence-electron chi connectivity index (χ4n) is 2.68. The first-order chi connectivity index (χ1) is 10.4. The van der Waals surface area contributed by atoms with Gasteiger partial charge in [0.2, 0.25) is 5.91 Å². The van der Waals surface area contributed by atoms with Crippen molar-refractivity contribution in [2.24, 2.45) is 0 Å². The van der Waals surface area contributed by atoms with E-state index in [9.17, 15) is 9.59 Å². The van der Waals surface area contributed by atoms with Gasteiger partial charge in [0.15, 0.2) is 0 Å². The molecule has 6 heteroatoms. The lowest BCUT2D eigenvalue weighted by atomic mass is 9.88. The van der Waals surface area contributed by atoms with Crippen molar-refractivity contribution >= 4 is 11.9 Å². The van der Waals surface area contributed by atoms with E-state index >= 15 is 0 Å². The third-order valence-electron chi connectivity index (χ3n) is 3.88. The van der Waals surface area contributed by atoms with E-state index in [0.717, 1.165) is 12.8 Å². The summed E-state index contributed by atoms with van der Waals surface area (Å²) < 4.78 is 11.2. The van der Waals surface area contributed by atoms with Crippen molar-refractivity contribution in [3.63, 3.8) is 0 Å². The largest absolute Gasteiger partial charge is 0.463 e. The molecular formula is C16H29N2O4+. The van der Waals surface area contributed by atoms with Crippen LogP contribution in [0.5, 0.6) is 0 Å². The van der Waals surface area contributed by atoms with E-state index < -0.39 is 0 Å². The number of hydrogen-bond acceptors (Lipinski definition) is 4. The lowest BCUT2D eigenvalue weighted by molar-refractivity contribution is -0.429. The molecule has 1 aliphatic carbocycles. The van der Waals surface area contributed by atoms with Gasteiger partial charge in [-0.2, -0.15) is 0 Å². The lowest BCUT2D eigenvalue weighted by Gasteiger charge is -2.34. The van der Waals surface area contributed by atoms with Crippen molar-refractivity contribution in [2.75, 3.05) is 6.61 Å². The molecule has 22 heavy (non-hydrogen) atoms. The Morgan fingerprint density at radius 1 is 1.36 bits per heavy atom. The quantitative estimate of drug-likeness (QED) is 0.672. The third-order valence-corrected chi connectivity index (χ3v) is 3.88. The molecule has 6 nitrogen and oxygen atoms in total. The Kier molecular flexibility index (Phi) is 7.55. The molecule has 0 aliphatic heterocycles. The highest BCUT2D eigenvalue weighted by molar-refractivity contribution is 5.89. The van der Waals surface area contributed by atoms with Gasteiger partial charge in [0.25, 0.3) is 0 Å². The second-order valence-electron chi connectivity index (χ2n) is 5.64. The number of esters is 1. The summed E-state index contributed by atoms with van der Waals surface area (Å²) in [4.78, 5) is 23.4. The van der Waals surface area contributed by atoms with Crippen LogP contribution in [0.4, 0.5) is 0 Å². The van der Waals surface area contributed by atoms with Crippen LogP contribution in [-0.4, -0.2) is 42.8 Å². The topological polar surface area (TPSA) is 92.3 Å². The highest BCUT2D eigenvalue weighted by Gasteiger charge is 2.38. The molecule has 0 aromatic rings. The lowest BCUT2D eigenvalue weighted by Crippen LogP contribution is -2.73. The Morgan fingerprint density at radius 3 is 2.50 bits per heavy atom. The Balaban J connectivity index is 2.98. The zero-order valence-electron chi connectivity index (χ0n) is 14.1. The summed E-state index contributed by atoms with van der Waals surface area (Å²) in [6.07, 6.45) is 3.76. The normalized spacial score (nSPS) is 24.8.